The van der Waals surface area contributed by atoms with E-state index in [0.717, 1.165) is 31.2 Å². The van der Waals surface area contributed by atoms with Crippen LogP contribution in [0.4, 0.5) is 0 Å². The van der Waals surface area contributed by atoms with E-state index < -0.39 is 0 Å². The van der Waals surface area contributed by atoms with Crippen LogP contribution in [-0.2, 0) is 0 Å². The Morgan fingerprint density at radius 2 is 2.55 bits per heavy atom. The molecule has 0 saturated heterocycles. The zero-order chi connectivity index (χ0) is 8.10. The maximum Gasteiger partial charge on any atom is 0.0680 e. The molecule has 0 amide bonds. The summed E-state index contributed by atoms with van der Waals surface area (Å²) in [4.78, 5) is 4.45. The van der Waals surface area contributed by atoms with Gasteiger partial charge in [-0.25, -0.2) is 0 Å². The smallest absolute Gasteiger partial charge is 0.0680 e. The van der Waals surface area contributed by atoms with Gasteiger partial charge in [0.2, 0.25) is 0 Å². The van der Waals surface area contributed by atoms with Crippen molar-refractivity contribution in [3.63, 3.8) is 0 Å². The zero-order valence-corrected chi connectivity index (χ0v) is 7.86. The summed E-state index contributed by atoms with van der Waals surface area (Å²) in [5, 5.41) is 2.07. The zero-order valence-electron chi connectivity index (χ0n) is 7.05. The lowest BCUT2D eigenvalue weighted by molar-refractivity contribution is 0.839. The monoisotopic (exact) mass is 172 g/mol. The fourth-order valence-corrected chi connectivity index (χ4v) is 2.19. The second-order valence-corrected chi connectivity index (χ2v) is 4.15. The first-order valence-corrected chi connectivity index (χ1v) is 5.14. The van der Waals surface area contributed by atoms with Gasteiger partial charge in [0.25, 0.3) is 0 Å². The molecular weight excluding hydrogens is 156 g/mol. The predicted molar refractivity (Wildman–Crippen MR) is 52.3 cm³/mol. The SMILES string of the molecule is CCC1CN=C(CCCN)S1. The van der Waals surface area contributed by atoms with E-state index in [4.69, 9.17) is 5.73 Å². The summed E-state index contributed by atoms with van der Waals surface area (Å²) >= 11 is 1.95. The van der Waals surface area contributed by atoms with Crippen LogP contribution in [0, 0.1) is 0 Å². The van der Waals surface area contributed by atoms with E-state index in [-0.39, 0.29) is 0 Å². The van der Waals surface area contributed by atoms with Gasteiger partial charge in [-0.1, -0.05) is 6.92 Å². The van der Waals surface area contributed by atoms with Gasteiger partial charge in [0, 0.05) is 5.25 Å². The molecule has 2 nitrogen and oxygen atoms in total. The van der Waals surface area contributed by atoms with Crippen LogP contribution < -0.4 is 5.73 Å². The van der Waals surface area contributed by atoms with Gasteiger partial charge < -0.3 is 5.73 Å². The largest absolute Gasteiger partial charge is 0.330 e. The molecule has 1 heterocycles. The number of thioether (sulfide) groups is 1. The average Bonchev–Trinajstić information content (AvgIpc) is 2.48. The van der Waals surface area contributed by atoms with Crippen LogP contribution in [0.1, 0.15) is 26.2 Å². The topological polar surface area (TPSA) is 38.4 Å². The highest BCUT2D eigenvalue weighted by atomic mass is 32.2. The van der Waals surface area contributed by atoms with Crippen molar-refractivity contribution in [1.29, 1.82) is 0 Å². The maximum absolute atomic E-state index is 5.41. The van der Waals surface area contributed by atoms with Crippen LogP contribution in [0.2, 0.25) is 0 Å². The van der Waals surface area contributed by atoms with Gasteiger partial charge in [0.15, 0.2) is 0 Å². The molecule has 0 aliphatic carbocycles. The highest BCUT2D eigenvalue weighted by Gasteiger charge is 2.16. The molecule has 0 aromatic carbocycles. The third-order valence-corrected chi connectivity index (χ3v) is 3.25. The molecule has 1 atom stereocenters. The Labute approximate surface area is 72.6 Å². The van der Waals surface area contributed by atoms with Gasteiger partial charge in [-0.2, -0.15) is 0 Å². The lowest BCUT2D eigenvalue weighted by atomic mass is 10.3. The van der Waals surface area contributed by atoms with Gasteiger partial charge in [-0.3, -0.25) is 4.99 Å². The molecule has 2 N–H and O–H groups in total. The number of hydrogen-bond acceptors (Lipinski definition) is 3. The first-order chi connectivity index (χ1) is 5.36. The number of hydrogen-bond donors (Lipinski definition) is 1. The molecule has 1 aliphatic heterocycles. The normalized spacial score (nSPS) is 23.8. The van der Waals surface area contributed by atoms with Crippen molar-refractivity contribution in [3.05, 3.63) is 0 Å². The minimum Gasteiger partial charge on any atom is -0.330 e. The Balaban J connectivity index is 2.17. The summed E-state index contributed by atoms with van der Waals surface area (Å²) in [6.45, 7) is 4.04. The molecular formula is C8H16N2S. The Kier molecular flexibility index (Phi) is 3.94. The summed E-state index contributed by atoms with van der Waals surface area (Å²) in [6.07, 6.45) is 3.42. The number of aliphatic imine (C=N–C) groups is 1. The molecule has 0 saturated carbocycles. The molecule has 0 aromatic heterocycles. The molecule has 1 unspecified atom stereocenters. The minimum atomic E-state index is 0.753. The molecule has 11 heavy (non-hydrogen) atoms. The summed E-state index contributed by atoms with van der Waals surface area (Å²) in [5.74, 6) is 0. The second kappa shape index (κ2) is 4.78. The van der Waals surface area contributed by atoms with Crippen LogP contribution >= 0.6 is 11.8 Å². The third kappa shape index (κ3) is 2.83. The molecule has 0 radical (unpaired) electrons. The van der Waals surface area contributed by atoms with Gasteiger partial charge in [-0.05, 0) is 25.8 Å². The standard InChI is InChI=1S/C8H16N2S/c1-2-7-6-10-8(11-7)4-3-5-9/h7H,2-6,9H2,1H3. The number of nitrogens with zero attached hydrogens (tertiary/aromatic N) is 1. The fraction of sp³-hybridized carbons (Fsp3) is 0.875. The summed E-state index contributed by atoms with van der Waals surface area (Å²) in [6, 6.07) is 0. The van der Waals surface area contributed by atoms with E-state index in [0.29, 0.717) is 0 Å². The predicted octanol–water partition coefficient (Wildman–Crippen LogP) is 1.65. The van der Waals surface area contributed by atoms with E-state index in [9.17, 15) is 0 Å². The molecule has 1 rings (SSSR count). The van der Waals surface area contributed by atoms with E-state index in [2.05, 4.69) is 11.9 Å². The molecule has 0 bridgehead atoms. The van der Waals surface area contributed by atoms with Crippen molar-refractivity contribution in [1.82, 2.24) is 0 Å². The third-order valence-electron chi connectivity index (χ3n) is 1.82. The van der Waals surface area contributed by atoms with E-state index in [1.807, 2.05) is 11.8 Å². The Hall–Kier alpha value is -0.0200. The lowest BCUT2D eigenvalue weighted by Gasteiger charge is -2.02. The van der Waals surface area contributed by atoms with Crippen molar-refractivity contribution >= 4 is 16.8 Å². The summed E-state index contributed by atoms with van der Waals surface area (Å²) < 4.78 is 0. The van der Waals surface area contributed by atoms with Crippen LogP contribution in [0.3, 0.4) is 0 Å². The van der Waals surface area contributed by atoms with Crippen LogP contribution in [0.15, 0.2) is 4.99 Å². The highest BCUT2D eigenvalue weighted by molar-refractivity contribution is 8.14. The first kappa shape index (κ1) is 9.07. The molecule has 64 valence electrons. The molecule has 1 aliphatic rings. The maximum atomic E-state index is 5.41. The molecule has 0 spiro atoms. The van der Waals surface area contributed by atoms with Gasteiger partial charge in [-0.15, -0.1) is 11.8 Å². The minimum absolute atomic E-state index is 0.753. The average molecular weight is 172 g/mol. The number of rotatable bonds is 4. The Bertz CT molecular complexity index is 145. The molecule has 0 fully saturated rings. The van der Waals surface area contributed by atoms with E-state index >= 15 is 0 Å². The Morgan fingerprint density at radius 1 is 1.73 bits per heavy atom. The van der Waals surface area contributed by atoms with Crippen molar-refractivity contribution < 1.29 is 0 Å². The first-order valence-electron chi connectivity index (χ1n) is 4.27. The van der Waals surface area contributed by atoms with Crippen molar-refractivity contribution in [2.24, 2.45) is 10.7 Å². The van der Waals surface area contributed by atoms with Crippen molar-refractivity contribution in [3.8, 4) is 0 Å². The molecule has 0 aromatic rings. The van der Waals surface area contributed by atoms with Gasteiger partial charge >= 0.3 is 0 Å². The van der Waals surface area contributed by atoms with Gasteiger partial charge in [0.05, 0.1) is 11.6 Å². The van der Waals surface area contributed by atoms with Crippen molar-refractivity contribution in [2.45, 2.75) is 31.4 Å². The quantitative estimate of drug-likeness (QED) is 0.700. The van der Waals surface area contributed by atoms with Crippen LogP contribution in [-0.4, -0.2) is 23.4 Å². The van der Waals surface area contributed by atoms with Crippen LogP contribution in [0.25, 0.3) is 0 Å². The summed E-state index contributed by atoms with van der Waals surface area (Å²) in [7, 11) is 0. The number of nitrogens with two attached hydrogens (primary N) is 1. The highest BCUT2D eigenvalue weighted by Crippen LogP contribution is 2.25. The summed E-state index contributed by atoms with van der Waals surface area (Å²) in [5.41, 5.74) is 5.41. The Morgan fingerprint density at radius 3 is 3.09 bits per heavy atom. The van der Waals surface area contributed by atoms with E-state index in [1.165, 1.54) is 11.5 Å². The second-order valence-electron chi connectivity index (χ2n) is 2.77. The van der Waals surface area contributed by atoms with Crippen molar-refractivity contribution in [2.75, 3.05) is 13.1 Å². The lowest BCUT2D eigenvalue weighted by Crippen LogP contribution is -2.02. The van der Waals surface area contributed by atoms with Crippen LogP contribution in [0.5, 0.6) is 0 Å². The fourth-order valence-electron chi connectivity index (χ4n) is 1.07. The van der Waals surface area contributed by atoms with E-state index in [1.54, 1.807) is 0 Å². The van der Waals surface area contributed by atoms with Gasteiger partial charge in [0.1, 0.15) is 0 Å². The molecule has 3 heteroatoms.